The fraction of sp³-hybridized carbons (Fsp3) is 0.167. The smallest absolute Gasteiger partial charge is 0.344 e. The Balaban J connectivity index is 2.20. The molecule has 24 heavy (non-hydrogen) atoms. The van der Waals surface area contributed by atoms with Gasteiger partial charge in [-0.2, -0.15) is 4.72 Å². The zero-order valence-corrected chi connectivity index (χ0v) is 13.8. The predicted octanol–water partition coefficient (Wildman–Crippen LogP) is 1.79. The van der Waals surface area contributed by atoms with E-state index in [4.69, 9.17) is 4.74 Å². The van der Waals surface area contributed by atoms with Crippen molar-refractivity contribution in [2.45, 2.75) is 17.4 Å². The van der Waals surface area contributed by atoms with Crippen LogP contribution in [0.15, 0.2) is 59.5 Å². The third-order valence-electron chi connectivity index (χ3n) is 3.62. The second-order valence-electron chi connectivity index (χ2n) is 5.19. The summed E-state index contributed by atoms with van der Waals surface area (Å²) < 4.78 is 32.3. The third-order valence-corrected chi connectivity index (χ3v) is 5.13. The van der Waals surface area contributed by atoms with Crippen molar-refractivity contribution < 1.29 is 17.9 Å². The molecule has 0 aliphatic carbocycles. The van der Waals surface area contributed by atoms with Crippen molar-refractivity contribution in [2.24, 2.45) is 0 Å². The average Bonchev–Trinajstić information content (AvgIpc) is 2.83. The zero-order valence-electron chi connectivity index (χ0n) is 12.9. The lowest BCUT2D eigenvalue weighted by atomic mass is 9.91. The molecule has 0 aromatic heterocycles. The molecule has 2 aromatic rings. The van der Waals surface area contributed by atoms with Crippen LogP contribution < -0.4 is 4.72 Å². The number of fused-ring (bicyclic) bond motifs is 1. The van der Waals surface area contributed by atoms with E-state index >= 15 is 0 Å². The SMILES string of the molecule is CCOC(=O)[C@]1(C#Cc2ccccc2)NS(=O)(=O)c2ccccc21. The summed E-state index contributed by atoms with van der Waals surface area (Å²) in [7, 11) is -3.83. The number of sulfonamides is 1. The Morgan fingerprint density at radius 1 is 1.12 bits per heavy atom. The molecule has 0 fully saturated rings. The van der Waals surface area contributed by atoms with Crippen LogP contribution in [0.3, 0.4) is 0 Å². The van der Waals surface area contributed by atoms with E-state index in [9.17, 15) is 13.2 Å². The molecule has 5 nitrogen and oxygen atoms in total. The number of rotatable bonds is 2. The lowest BCUT2D eigenvalue weighted by Gasteiger charge is -2.20. The number of nitrogens with one attached hydrogen (secondary N) is 1. The normalized spacial score (nSPS) is 20.5. The molecule has 1 heterocycles. The van der Waals surface area contributed by atoms with Gasteiger partial charge in [-0.05, 0) is 25.1 Å². The van der Waals surface area contributed by atoms with Gasteiger partial charge in [0.05, 0.1) is 11.5 Å². The largest absolute Gasteiger partial charge is 0.464 e. The summed E-state index contributed by atoms with van der Waals surface area (Å²) in [5, 5.41) is 0. The molecule has 122 valence electrons. The van der Waals surface area contributed by atoms with E-state index in [2.05, 4.69) is 16.6 Å². The van der Waals surface area contributed by atoms with E-state index in [1.54, 1.807) is 37.3 Å². The van der Waals surface area contributed by atoms with Crippen LogP contribution in [0.4, 0.5) is 0 Å². The monoisotopic (exact) mass is 341 g/mol. The van der Waals surface area contributed by atoms with Crippen LogP contribution in [-0.4, -0.2) is 21.0 Å². The summed E-state index contributed by atoms with van der Waals surface area (Å²) >= 11 is 0. The molecule has 0 amide bonds. The first kappa shape index (κ1) is 16.2. The van der Waals surface area contributed by atoms with Crippen molar-refractivity contribution in [1.82, 2.24) is 4.72 Å². The lowest BCUT2D eigenvalue weighted by molar-refractivity contribution is -0.148. The maximum atomic E-state index is 12.6. The van der Waals surface area contributed by atoms with Gasteiger partial charge in [-0.15, -0.1) is 0 Å². The summed E-state index contributed by atoms with van der Waals surface area (Å²) in [5.41, 5.74) is -0.780. The molecule has 3 rings (SSSR count). The first-order valence-corrected chi connectivity index (χ1v) is 8.87. The minimum Gasteiger partial charge on any atom is -0.464 e. The molecule has 0 spiro atoms. The van der Waals surface area contributed by atoms with Crippen molar-refractivity contribution in [1.29, 1.82) is 0 Å². The summed E-state index contributed by atoms with van der Waals surface area (Å²) in [5.74, 6) is 4.93. The summed E-state index contributed by atoms with van der Waals surface area (Å²) in [6.07, 6.45) is 0. The van der Waals surface area contributed by atoms with Gasteiger partial charge in [0.25, 0.3) is 0 Å². The molecule has 0 unspecified atom stereocenters. The van der Waals surface area contributed by atoms with Crippen LogP contribution in [0.2, 0.25) is 0 Å². The lowest BCUT2D eigenvalue weighted by Crippen LogP contribution is -2.46. The fourth-order valence-corrected chi connectivity index (χ4v) is 4.07. The maximum Gasteiger partial charge on any atom is 0.344 e. The van der Waals surface area contributed by atoms with Gasteiger partial charge < -0.3 is 4.74 Å². The molecule has 6 heteroatoms. The first-order chi connectivity index (χ1) is 11.5. The van der Waals surface area contributed by atoms with Gasteiger partial charge in [-0.25, -0.2) is 13.2 Å². The Morgan fingerprint density at radius 2 is 1.79 bits per heavy atom. The van der Waals surface area contributed by atoms with E-state index in [0.717, 1.165) is 0 Å². The van der Waals surface area contributed by atoms with Gasteiger partial charge in [-0.1, -0.05) is 48.2 Å². The minimum atomic E-state index is -3.83. The summed E-state index contributed by atoms with van der Waals surface area (Å²) in [6, 6.07) is 15.3. The van der Waals surface area contributed by atoms with Gasteiger partial charge in [0.2, 0.25) is 15.6 Å². The quantitative estimate of drug-likeness (QED) is 0.668. The Kier molecular flexibility index (Phi) is 4.14. The number of hydrogen-bond acceptors (Lipinski definition) is 4. The van der Waals surface area contributed by atoms with E-state index in [-0.39, 0.29) is 17.1 Å². The van der Waals surface area contributed by atoms with Crippen LogP contribution in [0, 0.1) is 11.8 Å². The highest BCUT2D eigenvalue weighted by atomic mass is 32.2. The standard InChI is InChI=1S/C18H15NO4S/c1-2-23-17(20)18(13-12-14-8-4-3-5-9-14)15-10-6-7-11-16(15)24(21,22)19-18/h3-11,19H,2H2,1H3/t18-/m1/s1. The van der Waals surface area contributed by atoms with E-state index in [0.29, 0.717) is 5.56 Å². The number of ether oxygens (including phenoxy) is 1. The van der Waals surface area contributed by atoms with Crippen LogP contribution in [0.1, 0.15) is 18.1 Å². The molecular weight excluding hydrogens is 326 g/mol. The van der Waals surface area contributed by atoms with Gasteiger partial charge in [0.1, 0.15) is 0 Å². The zero-order chi connectivity index (χ0) is 17.2. The molecule has 1 N–H and O–H groups in total. The van der Waals surface area contributed by atoms with Gasteiger partial charge in [-0.3, -0.25) is 0 Å². The summed E-state index contributed by atoms with van der Waals surface area (Å²) in [6.45, 7) is 1.78. The molecule has 2 aromatic carbocycles. The summed E-state index contributed by atoms with van der Waals surface area (Å²) in [4.78, 5) is 12.6. The van der Waals surface area contributed by atoms with Crippen LogP contribution in [-0.2, 0) is 25.1 Å². The molecule has 0 saturated carbocycles. The van der Waals surface area contributed by atoms with Crippen molar-refractivity contribution in [3.63, 3.8) is 0 Å². The van der Waals surface area contributed by atoms with E-state index < -0.39 is 21.5 Å². The topological polar surface area (TPSA) is 72.5 Å². The van der Waals surface area contributed by atoms with E-state index in [1.165, 1.54) is 6.07 Å². The Bertz CT molecular complexity index is 942. The molecular formula is C18H15NO4S. The number of hydrogen-bond donors (Lipinski definition) is 1. The fourth-order valence-electron chi connectivity index (χ4n) is 2.54. The third kappa shape index (κ3) is 2.68. The van der Waals surface area contributed by atoms with E-state index in [1.807, 2.05) is 18.2 Å². The van der Waals surface area contributed by atoms with Crippen molar-refractivity contribution in [2.75, 3.05) is 6.61 Å². The second kappa shape index (κ2) is 6.11. The first-order valence-electron chi connectivity index (χ1n) is 7.38. The number of carbonyl (C=O) groups excluding carboxylic acids is 1. The number of carbonyl (C=O) groups is 1. The Hall–Kier alpha value is -2.62. The molecule has 0 bridgehead atoms. The molecule has 0 radical (unpaired) electrons. The Labute approximate surface area is 140 Å². The number of esters is 1. The maximum absolute atomic E-state index is 12.6. The predicted molar refractivity (Wildman–Crippen MR) is 88.4 cm³/mol. The van der Waals surface area contributed by atoms with Crippen molar-refractivity contribution in [3.8, 4) is 11.8 Å². The van der Waals surface area contributed by atoms with Crippen LogP contribution >= 0.6 is 0 Å². The minimum absolute atomic E-state index is 0.0421. The number of benzene rings is 2. The van der Waals surface area contributed by atoms with Crippen LogP contribution in [0.25, 0.3) is 0 Å². The molecule has 1 atom stereocenters. The van der Waals surface area contributed by atoms with Gasteiger partial charge >= 0.3 is 5.97 Å². The van der Waals surface area contributed by atoms with Gasteiger partial charge in [0.15, 0.2) is 0 Å². The highest BCUT2D eigenvalue weighted by molar-refractivity contribution is 7.90. The van der Waals surface area contributed by atoms with Gasteiger partial charge in [0, 0.05) is 11.1 Å². The highest BCUT2D eigenvalue weighted by Gasteiger charge is 2.52. The highest BCUT2D eigenvalue weighted by Crippen LogP contribution is 2.36. The molecule has 0 saturated heterocycles. The van der Waals surface area contributed by atoms with Crippen LogP contribution in [0.5, 0.6) is 0 Å². The Morgan fingerprint density at radius 3 is 2.50 bits per heavy atom. The van der Waals surface area contributed by atoms with Crippen molar-refractivity contribution >= 4 is 16.0 Å². The van der Waals surface area contributed by atoms with Crippen molar-refractivity contribution in [3.05, 3.63) is 65.7 Å². The average molecular weight is 341 g/mol. The molecule has 1 aliphatic rings. The molecule has 1 aliphatic heterocycles. The second-order valence-corrected chi connectivity index (χ2v) is 6.84.